The minimum atomic E-state index is 0.238. The maximum atomic E-state index is 4.05. The Morgan fingerprint density at radius 2 is 1.95 bits per heavy atom. The first kappa shape index (κ1) is 19.0. The third-order valence-electron chi connectivity index (χ3n) is 2.98. The average Bonchev–Trinajstić information content (AvgIpc) is 2.50. The van der Waals surface area contributed by atoms with Gasteiger partial charge in [0, 0.05) is 11.7 Å². The van der Waals surface area contributed by atoms with Crippen LogP contribution in [0.3, 0.4) is 0 Å². The van der Waals surface area contributed by atoms with Crippen LogP contribution in [0.5, 0.6) is 0 Å². The van der Waals surface area contributed by atoms with Crippen LogP contribution >= 0.6 is 0 Å². The summed E-state index contributed by atoms with van der Waals surface area (Å²) in [6.45, 7) is 17.5. The summed E-state index contributed by atoms with van der Waals surface area (Å²) in [4.78, 5) is 0. The molecule has 0 saturated heterocycles. The van der Waals surface area contributed by atoms with Gasteiger partial charge in [0.05, 0.1) is 0 Å². The molecule has 1 N–H and O–H groups in total. The van der Waals surface area contributed by atoms with Gasteiger partial charge in [-0.3, -0.25) is 0 Å². The first-order valence-electron chi connectivity index (χ1n) is 7.53. The van der Waals surface area contributed by atoms with Crippen LogP contribution in [0.2, 0.25) is 0 Å². The van der Waals surface area contributed by atoms with E-state index >= 15 is 0 Å². The highest BCUT2D eigenvalue weighted by molar-refractivity contribution is 5.33. The highest BCUT2D eigenvalue weighted by atomic mass is 14.9. The predicted molar refractivity (Wildman–Crippen MR) is 97.2 cm³/mol. The molecule has 0 rings (SSSR count). The van der Waals surface area contributed by atoms with Crippen molar-refractivity contribution in [3.63, 3.8) is 0 Å². The Balaban J connectivity index is 4.24. The minimum absolute atomic E-state index is 0.238. The largest absolute Gasteiger partial charge is 0.382 e. The van der Waals surface area contributed by atoms with Crippen molar-refractivity contribution in [2.24, 2.45) is 0 Å². The van der Waals surface area contributed by atoms with Gasteiger partial charge in [0.15, 0.2) is 0 Å². The second-order valence-corrected chi connectivity index (χ2v) is 4.82. The van der Waals surface area contributed by atoms with Crippen molar-refractivity contribution < 1.29 is 0 Å². The number of nitrogens with one attached hydrogen (secondary N) is 1. The summed E-state index contributed by atoms with van der Waals surface area (Å²) in [7, 11) is 0. The Morgan fingerprint density at radius 3 is 2.52 bits per heavy atom. The molecule has 0 aliphatic carbocycles. The maximum Gasteiger partial charge on any atom is 0.0473 e. The van der Waals surface area contributed by atoms with Crippen molar-refractivity contribution in [2.75, 3.05) is 0 Å². The average molecular weight is 283 g/mol. The maximum absolute atomic E-state index is 4.05. The summed E-state index contributed by atoms with van der Waals surface area (Å²) in [5.41, 5.74) is 2.13. The third-order valence-corrected chi connectivity index (χ3v) is 2.98. The van der Waals surface area contributed by atoms with Crippen molar-refractivity contribution in [3.8, 4) is 0 Å². The molecule has 0 aliphatic heterocycles. The zero-order valence-corrected chi connectivity index (χ0v) is 13.4. The van der Waals surface area contributed by atoms with E-state index in [1.807, 2.05) is 30.4 Å². The molecule has 0 spiro atoms. The van der Waals surface area contributed by atoms with E-state index in [0.29, 0.717) is 0 Å². The molecular weight excluding hydrogens is 254 g/mol. The van der Waals surface area contributed by atoms with E-state index in [1.54, 1.807) is 12.2 Å². The Labute approximate surface area is 130 Å². The number of hydrogen-bond acceptors (Lipinski definition) is 1. The standard InChI is InChI=1S/C20H29N/c1-6-10-15-18(5)21-20(9-4)17-13-11-12-16-19(8-3)14-7-2/h7-9,11-14,16,20-21H,2-6,10,15,17H2,1H3/b13-11+,16-12+,19-14+. The lowest BCUT2D eigenvalue weighted by Crippen LogP contribution is -2.25. The normalized spacial score (nSPS) is 13.3. The van der Waals surface area contributed by atoms with Crippen LogP contribution in [0.25, 0.3) is 0 Å². The monoisotopic (exact) mass is 283 g/mol. The summed E-state index contributed by atoms with van der Waals surface area (Å²) in [6.07, 6.45) is 19.9. The molecule has 0 bridgehead atoms. The molecule has 1 unspecified atom stereocenters. The lowest BCUT2D eigenvalue weighted by molar-refractivity contribution is 0.635. The van der Waals surface area contributed by atoms with Gasteiger partial charge in [-0.05, 0) is 24.8 Å². The highest BCUT2D eigenvalue weighted by Gasteiger charge is 2.01. The number of hydrogen-bond donors (Lipinski definition) is 1. The summed E-state index contributed by atoms with van der Waals surface area (Å²) in [5, 5.41) is 3.40. The van der Waals surface area contributed by atoms with Gasteiger partial charge in [-0.1, -0.05) is 81.7 Å². The molecule has 0 aromatic heterocycles. The molecule has 114 valence electrons. The first-order chi connectivity index (χ1) is 10.2. The quantitative estimate of drug-likeness (QED) is 0.361. The fourth-order valence-corrected chi connectivity index (χ4v) is 1.74. The molecular formula is C20H29N. The van der Waals surface area contributed by atoms with Crippen molar-refractivity contribution >= 4 is 0 Å². The van der Waals surface area contributed by atoms with Crippen LogP contribution in [0.1, 0.15) is 32.6 Å². The molecule has 0 fully saturated rings. The molecule has 21 heavy (non-hydrogen) atoms. The molecule has 1 atom stereocenters. The van der Waals surface area contributed by atoms with Gasteiger partial charge in [0.2, 0.25) is 0 Å². The van der Waals surface area contributed by atoms with Crippen LogP contribution in [0.4, 0.5) is 0 Å². The summed E-state index contributed by atoms with van der Waals surface area (Å²) in [5.74, 6) is 0. The third kappa shape index (κ3) is 10.4. The summed E-state index contributed by atoms with van der Waals surface area (Å²) >= 11 is 0. The molecule has 1 heteroatoms. The van der Waals surface area contributed by atoms with Gasteiger partial charge < -0.3 is 5.32 Å². The minimum Gasteiger partial charge on any atom is -0.382 e. The van der Waals surface area contributed by atoms with Gasteiger partial charge in [0.25, 0.3) is 0 Å². The molecule has 0 saturated carbocycles. The summed E-state index contributed by atoms with van der Waals surface area (Å²) in [6, 6.07) is 0.238. The zero-order valence-electron chi connectivity index (χ0n) is 13.4. The number of allylic oxidation sites excluding steroid dienone is 8. The zero-order chi connectivity index (χ0) is 15.9. The van der Waals surface area contributed by atoms with E-state index in [0.717, 1.165) is 24.1 Å². The second-order valence-electron chi connectivity index (χ2n) is 4.82. The van der Waals surface area contributed by atoms with Gasteiger partial charge >= 0.3 is 0 Å². The van der Waals surface area contributed by atoms with Gasteiger partial charge in [-0.15, -0.1) is 6.58 Å². The van der Waals surface area contributed by atoms with Crippen LogP contribution in [0, 0.1) is 0 Å². The lowest BCUT2D eigenvalue weighted by Gasteiger charge is -2.16. The smallest absolute Gasteiger partial charge is 0.0473 e. The van der Waals surface area contributed by atoms with E-state index < -0.39 is 0 Å². The SMILES string of the molecule is C=C/C=C(C=C)/C=C/C=C/CC(C=C)NC(=C)CCCC. The molecule has 0 heterocycles. The molecule has 0 aliphatic rings. The second kappa shape index (κ2) is 13.0. The van der Waals surface area contributed by atoms with Gasteiger partial charge in [-0.2, -0.15) is 0 Å². The Kier molecular flexibility index (Phi) is 11.7. The molecule has 0 aromatic rings. The first-order valence-corrected chi connectivity index (χ1v) is 7.53. The van der Waals surface area contributed by atoms with Crippen molar-refractivity contribution in [3.05, 3.63) is 86.2 Å². The lowest BCUT2D eigenvalue weighted by atomic mass is 10.1. The number of unbranched alkanes of at least 4 members (excludes halogenated alkanes) is 1. The van der Waals surface area contributed by atoms with Crippen molar-refractivity contribution in [1.82, 2.24) is 5.32 Å². The van der Waals surface area contributed by atoms with Gasteiger partial charge in [-0.25, -0.2) is 0 Å². The fraction of sp³-hybridized carbons (Fsp3) is 0.300. The van der Waals surface area contributed by atoms with Crippen LogP contribution in [0.15, 0.2) is 86.2 Å². The topological polar surface area (TPSA) is 12.0 Å². The Morgan fingerprint density at radius 1 is 1.19 bits per heavy atom. The van der Waals surface area contributed by atoms with E-state index in [-0.39, 0.29) is 6.04 Å². The molecule has 0 aromatic carbocycles. The Hall–Kier alpha value is -2.02. The van der Waals surface area contributed by atoms with E-state index in [2.05, 4.69) is 44.6 Å². The van der Waals surface area contributed by atoms with Crippen LogP contribution in [-0.2, 0) is 0 Å². The van der Waals surface area contributed by atoms with Crippen LogP contribution in [-0.4, -0.2) is 6.04 Å². The van der Waals surface area contributed by atoms with Gasteiger partial charge in [0.1, 0.15) is 0 Å². The Bertz CT molecular complexity index is 421. The fourth-order valence-electron chi connectivity index (χ4n) is 1.74. The summed E-state index contributed by atoms with van der Waals surface area (Å²) < 4.78 is 0. The molecule has 1 nitrogen and oxygen atoms in total. The molecule has 0 amide bonds. The van der Waals surface area contributed by atoms with E-state index in [9.17, 15) is 0 Å². The van der Waals surface area contributed by atoms with E-state index in [1.165, 1.54) is 12.8 Å². The number of rotatable bonds is 12. The van der Waals surface area contributed by atoms with Crippen molar-refractivity contribution in [1.29, 1.82) is 0 Å². The van der Waals surface area contributed by atoms with E-state index in [4.69, 9.17) is 0 Å². The van der Waals surface area contributed by atoms with Crippen molar-refractivity contribution in [2.45, 2.75) is 38.6 Å². The highest BCUT2D eigenvalue weighted by Crippen LogP contribution is 2.06. The molecule has 0 radical (unpaired) electrons. The van der Waals surface area contributed by atoms with Crippen LogP contribution < -0.4 is 5.32 Å². The predicted octanol–water partition coefficient (Wildman–Crippen LogP) is 5.64.